The second-order valence-corrected chi connectivity index (χ2v) is 6.11. The monoisotopic (exact) mass is 430 g/mol. The minimum Gasteiger partial charge on any atom is -0.368 e. The zero-order valence-corrected chi connectivity index (χ0v) is 14.0. The van der Waals surface area contributed by atoms with Crippen molar-refractivity contribution in [2.45, 2.75) is 12.5 Å². The molecule has 0 spiro atoms. The molecule has 0 aliphatic heterocycles. The van der Waals surface area contributed by atoms with Crippen LogP contribution in [-0.4, -0.2) is 17.9 Å². The van der Waals surface area contributed by atoms with Crippen LogP contribution in [-0.2, 0) is 11.2 Å². The predicted octanol–water partition coefficient (Wildman–Crippen LogP) is 2.40. The van der Waals surface area contributed by atoms with E-state index in [9.17, 15) is 18.4 Å². The Hall–Kier alpha value is -2.03. The number of hydrogen-bond donors (Lipinski definition) is 2. The van der Waals surface area contributed by atoms with Crippen molar-refractivity contribution in [3.05, 3.63) is 68.8 Å². The summed E-state index contributed by atoms with van der Waals surface area (Å²) in [5.74, 6) is -4.04. The van der Waals surface area contributed by atoms with Crippen LogP contribution in [0.5, 0.6) is 0 Å². The molecule has 0 saturated carbocycles. The van der Waals surface area contributed by atoms with E-state index in [0.717, 1.165) is 21.3 Å². The average Bonchev–Trinajstić information content (AvgIpc) is 2.51. The van der Waals surface area contributed by atoms with E-state index < -0.39 is 35.1 Å². The van der Waals surface area contributed by atoms with E-state index >= 15 is 0 Å². The molecular formula is C16H13F2IN2O2. The third kappa shape index (κ3) is 4.47. The minimum atomic E-state index is -1.26. The molecule has 23 heavy (non-hydrogen) atoms. The highest BCUT2D eigenvalue weighted by atomic mass is 127. The van der Waals surface area contributed by atoms with Crippen LogP contribution in [0.25, 0.3) is 0 Å². The van der Waals surface area contributed by atoms with Gasteiger partial charge in [-0.2, -0.15) is 0 Å². The lowest BCUT2D eigenvalue weighted by Gasteiger charge is -2.16. The summed E-state index contributed by atoms with van der Waals surface area (Å²) in [6.45, 7) is 0. The summed E-state index contributed by atoms with van der Waals surface area (Å²) in [4.78, 5) is 23.6. The number of carbonyl (C=O) groups is 2. The highest BCUT2D eigenvalue weighted by Gasteiger charge is 2.22. The Kier molecular flexibility index (Phi) is 5.64. The molecule has 7 heteroatoms. The smallest absolute Gasteiger partial charge is 0.255 e. The van der Waals surface area contributed by atoms with Crippen LogP contribution in [0.1, 0.15) is 15.9 Å². The largest absolute Gasteiger partial charge is 0.368 e. The summed E-state index contributed by atoms with van der Waals surface area (Å²) in [6, 6.07) is 9.53. The number of amides is 2. The molecule has 0 heterocycles. The minimum absolute atomic E-state index is 0.162. The van der Waals surface area contributed by atoms with Gasteiger partial charge in [0, 0.05) is 9.99 Å². The quantitative estimate of drug-likeness (QED) is 0.716. The fourth-order valence-corrected chi connectivity index (χ4v) is 2.35. The van der Waals surface area contributed by atoms with Crippen LogP contribution in [0, 0.1) is 15.2 Å². The van der Waals surface area contributed by atoms with Crippen molar-refractivity contribution in [3.8, 4) is 0 Å². The number of hydrogen-bond acceptors (Lipinski definition) is 2. The summed E-state index contributed by atoms with van der Waals surface area (Å²) >= 11 is 2.14. The van der Waals surface area contributed by atoms with E-state index in [-0.39, 0.29) is 6.42 Å². The first-order valence-electron chi connectivity index (χ1n) is 6.67. The summed E-state index contributed by atoms with van der Waals surface area (Å²) in [7, 11) is 0. The van der Waals surface area contributed by atoms with Crippen molar-refractivity contribution in [3.63, 3.8) is 0 Å². The topological polar surface area (TPSA) is 72.2 Å². The number of benzene rings is 2. The van der Waals surface area contributed by atoms with Crippen LogP contribution in [0.2, 0.25) is 0 Å². The van der Waals surface area contributed by atoms with Gasteiger partial charge in [0.25, 0.3) is 5.91 Å². The molecule has 0 radical (unpaired) electrons. The number of nitrogens with one attached hydrogen (secondary N) is 1. The van der Waals surface area contributed by atoms with Gasteiger partial charge in [-0.15, -0.1) is 0 Å². The number of rotatable bonds is 5. The van der Waals surface area contributed by atoms with Crippen LogP contribution in [0.3, 0.4) is 0 Å². The molecule has 1 atom stereocenters. The molecule has 0 aliphatic rings. The van der Waals surface area contributed by atoms with Crippen molar-refractivity contribution < 1.29 is 18.4 Å². The number of carbonyl (C=O) groups excluding carboxylic acids is 2. The number of nitrogens with two attached hydrogens (primary N) is 1. The zero-order valence-electron chi connectivity index (χ0n) is 11.9. The molecule has 0 unspecified atom stereocenters. The van der Waals surface area contributed by atoms with E-state index in [1.54, 1.807) is 12.1 Å². The van der Waals surface area contributed by atoms with Crippen molar-refractivity contribution in [2.24, 2.45) is 5.73 Å². The summed E-state index contributed by atoms with van der Waals surface area (Å²) in [6.07, 6.45) is 0.162. The second kappa shape index (κ2) is 7.49. The fraction of sp³-hybridized carbons (Fsp3) is 0.125. The lowest BCUT2D eigenvalue weighted by Crippen LogP contribution is -2.46. The van der Waals surface area contributed by atoms with Gasteiger partial charge in [-0.1, -0.05) is 18.2 Å². The first-order chi connectivity index (χ1) is 10.9. The third-order valence-corrected chi connectivity index (χ3v) is 3.92. The SMILES string of the molecule is NC(=O)[C@H](Cc1ccc(I)cc1)NC(=O)c1cccc(F)c1F. The Morgan fingerprint density at radius 2 is 1.78 bits per heavy atom. The third-order valence-electron chi connectivity index (χ3n) is 3.20. The van der Waals surface area contributed by atoms with Crippen LogP contribution in [0.4, 0.5) is 8.78 Å². The fourth-order valence-electron chi connectivity index (χ4n) is 1.99. The Bertz CT molecular complexity index is 735. The van der Waals surface area contributed by atoms with Gasteiger partial charge in [0.15, 0.2) is 11.6 Å². The van der Waals surface area contributed by atoms with E-state index in [1.807, 2.05) is 12.1 Å². The molecule has 2 rings (SSSR count). The molecule has 2 aromatic rings. The lowest BCUT2D eigenvalue weighted by atomic mass is 10.0. The molecule has 0 aromatic heterocycles. The van der Waals surface area contributed by atoms with Gasteiger partial charge in [0.05, 0.1) is 5.56 Å². The summed E-state index contributed by atoms with van der Waals surface area (Å²) in [5, 5.41) is 2.34. The standard InChI is InChI=1S/C16H13F2IN2O2/c17-12-3-1-2-11(14(12)18)16(23)21-13(15(20)22)8-9-4-6-10(19)7-5-9/h1-7,13H,8H2,(H2,20,22)(H,21,23)/t13-/m0/s1. The zero-order chi connectivity index (χ0) is 17.0. The highest BCUT2D eigenvalue weighted by molar-refractivity contribution is 14.1. The van der Waals surface area contributed by atoms with Crippen LogP contribution < -0.4 is 11.1 Å². The Morgan fingerprint density at radius 1 is 1.13 bits per heavy atom. The molecule has 0 aliphatic carbocycles. The van der Waals surface area contributed by atoms with Gasteiger partial charge in [0.2, 0.25) is 5.91 Å². The lowest BCUT2D eigenvalue weighted by molar-refractivity contribution is -0.119. The van der Waals surface area contributed by atoms with Crippen LogP contribution >= 0.6 is 22.6 Å². The molecule has 120 valence electrons. The number of primary amides is 1. The van der Waals surface area contributed by atoms with E-state index in [2.05, 4.69) is 27.9 Å². The summed E-state index contributed by atoms with van der Waals surface area (Å²) < 4.78 is 27.8. The van der Waals surface area contributed by atoms with Gasteiger partial charge in [0.1, 0.15) is 6.04 Å². The highest BCUT2D eigenvalue weighted by Crippen LogP contribution is 2.13. The molecule has 0 fully saturated rings. The first-order valence-corrected chi connectivity index (χ1v) is 7.75. The van der Waals surface area contributed by atoms with Gasteiger partial charge < -0.3 is 11.1 Å². The van der Waals surface area contributed by atoms with Gasteiger partial charge in [-0.25, -0.2) is 8.78 Å². The van der Waals surface area contributed by atoms with E-state index in [0.29, 0.717) is 0 Å². The summed E-state index contributed by atoms with van der Waals surface area (Å²) in [5.41, 5.74) is 5.60. The van der Waals surface area contributed by atoms with E-state index in [4.69, 9.17) is 5.73 Å². The van der Waals surface area contributed by atoms with Gasteiger partial charge in [-0.05, 0) is 52.4 Å². The molecule has 0 saturated heterocycles. The second-order valence-electron chi connectivity index (χ2n) is 4.86. The number of halogens is 3. The van der Waals surface area contributed by atoms with Crippen molar-refractivity contribution >= 4 is 34.4 Å². The molecule has 3 N–H and O–H groups in total. The Labute approximate surface area is 145 Å². The van der Waals surface area contributed by atoms with Crippen LogP contribution in [0.15, 0.2) is 42.5 Å². The maximum absolute atomic E-state index is 13.6. The maximum atomic E-state index is 13.6. The molecular weight excluding hydrogens is 417 g/mol. The maximum Gasteiger partial charge on any atom is 0.255 e. The van der Waals surface area contributed by atoms with Gasteiger partial charge in [-0.3, -0.25) is 9.59 Å². The van der Waals surface area contributed by atoms with Crippen molar-refractivity contribution in [1.82, 2.24) is 5.32 Å². The molecule has 2 amide bonds. The van der Waals surface area contributed by atoms with Gasteiger partial charge >= 0.3 is 0 Å². The molecule has 0 bridgehead atoms. The molecule has 4 nitrogen and oxygen atoms in total. The molecule has 2 aromatic carbocycles. The predicted molar refractivity (Wildman–Crippen MR) is 89.7 cm³/mol. The van der Waals surface area contributed by atoms with Crippen molar-refractivity contribution in [2.75, 3.05) is 0 Å². The average molecular weight is 430 g/mol. The van der Waals surface area contributed by atoms with Crippen molar-refractivity contribution in [1.29, 1.82) is 0 Å². The Morgan fingerprint density at radius 3 is 2.39 bits per heavy atom. The Balaban J connectivity index is 2.16. The first kappa shape index (κ1) is 17.3. The normalized spacial score (nSPS) is 11.8. The van der Waals surface area contributed by atoms with E-state index in [1.165, 1.54) is 6.07 Å².